The van der Waals surface area contributed by atoms with Gasteiger partial charge in [-0.1, -0.05) is 0 Å². The van der Waals surface area contributed by atoms with Crippen molar-refractivity contribution in [3.63, 3.8) is 0 Å². The summed E-state index contributed by atoms with van der Waals surface area (Å²) in [4.78, 5) is 13.3. The van der Waals surface area contributed by atoms with Crippen molar-refractivity contribution in [1.82, 2.24) is 23.8 Å². The Kier molecular flexibility index (Phi) is 3.99. The third-order valence-electron chi connectivity index (χ3n) is 4.95. The lowest BCUT2D eigenvalue weighted by Gasteiger charge is -2.18. The van der Waals surface area contributed by atoms with E-state index in [0.29, 0.717) is 31.1 Å². The molecule has 5 heterocycles. The molecule has 1 fully saturated rings. The molecule has 0 aromatic carbocycles. The summed E-state index contributed by atoms with van der Waals surface area (Å²) in [5.41, 5.74) is 1.47. The molecule has 8 nitrogen and oxygen atoms in total. The molecular weight excluding hydrogens is 378 g/mol. The van der Waals surface area contributed by atoms with Crippen LogP contribution in [0.2, 0.25) is 0 Å². The second-order valence-electron chi connectivity index (χ2n) is 6.62. The van der Waals surface area contributed by atoms with Gasteiger partial charge in [0.05, 0.1) is 12.3 Å². The average Bonchev–Trinajstić information content (AvgIpc) is 3.46. The van der Waals surface area contributed by atoms with Crippen molar-refractivity contribution in [2.24, 2.45) is 0 Å². The second-order valence-corrected chi connectivity index (χ2v) is 8.56. The van der Waals surface area contributed by atoms with Crippen LogP contribution in [0.15, 0.2) is 70.6 Å². The lowest BCUT2D eigenvalue weighted by Crippen LogP contribution is -2.29. The molecule has 0 amide bonds. The highest BCUT2D eigenvalue weighted by Crippen LogP contribution is 2.34. The molecule has 0 spiro atoms. The fraction of sp³-hybridized carbons (Fsp3) is 0.211. The number of aromatic nitrogens is 4. The number of rotatable bonds is 4. The van der Waals surface area contributed by atoms with Crippen LogP contribution in [0.4, 0.5) is 0 Å². The summed E-state index contributed by atoms with van der Waals surface area (Å²) < 4.78 is 35.0. The van der Waals surface area contributed by atoms with Crippen LogP contribution in [0.25, 0.3) is 22.7 Å². The largest absolute Gasteiger partial charge is 0.461 e. The minimum atomic E-state index is -3.59. The maximum Gasteiger partial charge on any atom is 0.244 e. The monoisotopic (exact) mass is 395 g/mol. The van der Waals surface area contributed by atoms with Crippen molar-refractivity contribution in [3.05, 3.63) is 61.3 Å². The van der Waals surface area contributed by atoms with Gasteiger partial charge in [-0.05, 0) is 42.8 Å². The van der Waals surface area contributed by atoms with E-state index < -0.39 is 10.0 Å². The SMILES string of the molecule is O=S(=O)(c1cccnc1)N1CC[C@@H](n2c(-c3ccco3)nc3cccnc32)C1. The van der Waals surface area contributed by atoms with Gasteiger partial charge >= 0.3 is 0 Å². The number of hydrogen-bond donors (Lipinski definition) is 0. The van der Waals surface area contributed by atoms with Crippen LogP contribution in [0, 0.1) is 0 Å². The van der Waals surface area contributed by atoms with Crippen LogP contribution in [0.3, 0.4) is 0 Å². The van der Waals surface area contributed by atoms with Crippen LogP contribution in [-0.4, -0.2) is 45.3 Å². The predicted octanol–water partition coefficient (Wildman–Crippen LogP) is 2.72. The fourth-order valence-electron chi connectivity index (χ4n) is 3.64. The molecule has 142 valence electrons. The van der Waals surface area contributed by atoms with E-state index in [1.54, 1.807) is 36.9 Å². The molecular formula is C19H17N5O3S. The molecule has 0 bridgehead atoms. The van der Waals surface area contributed by atoms with E-state index in [1.807, 2.05) is 22.8 Å². The molecule has 1 aliphatic rings. The van der Waals surface area contributed by atoms with Gasteiger partial charge in [-0.25, -0.2) is 18.4 Å². The molecule has 0 N–H and O–H groups in total. The van der Waals surface area contributed by atoms with E-state index in [0.717, 1.165) is 11.2 Å². The van der Waals surface area contributed by atoms with Crippen LogP contribution >= 0.6 is 0 Å². The number of nitrogens with zero attached hydrogens (tertiary/aromatic N) is 5. The zero-order valence-electron chi connectivity index (χ0n) is 14.8. The zero-order chi connectivity index (χ0) is 19.1. The molecule has 5 rings (SSSR count). The topological polar surface area (TPSA) is 94.1 Å². The highest BCUT2D eigenvalue weighted by Gasteiger charge is 2.35. The van der Waals surface area contributed by atoms with Crippen LogP contribution in [-0.2, 0) is 10.0 Å². The summed E-state index contributed by atoms with van der Waals surface area (Å²) in [6, 6.07) is 10.5. The Hall–Kier alpha value is -3.04. The first kappa shape index (κ1) is 17.1. The van der Waals surface area contributed by atoms with E-state index in [2.05, 4.69) is 15.0 Å². The minimum absolute atomic E-state index is 0.0913. The number of pyridine rings is 2. The maximum atomic E-state index is 13.0. The van der Waals surface area contributed by atoms with Gasteiger partial charge in [0, 0.05) is 31.7 Å². The maximum absolute atomic E-state index is 13.0. The Balaban J connectivity index is 1.55. The standard InChI is InChI=1S/C19H17N5O3S/c25-28(26,15-4-1-8-20-12-15)23-10-7-14(13-23)24-18-16(5-2-9-21-18)22-19(24)17-6-3-11-27-17/h1-6,8-9,11-12,14H,7,10,13H2/t14-/m1/s1. The predicted molar refractivity (Wildman–Crippen MR) is 102 cm³/mol. The smallest absolute Gasteiger partial charge is 0.244 e. The van der Waals surface area contributed by atoms with E-state index in [4.69, 9.17) is 4.42 Å². The lowest BCUT2D eigenvalue weighted by molar-refractivity contribution is 0.453. The molecule has 4 aromatic rings. The highest BCUT2D eigenvalue weighted by molar-refractivity contribution is 7.89. The van der Waals surface area contributed by atoms with Crippen molar-refractivity contribution >= 4 is 21.2 Å². The van der Waals surface area contributed by atoms with Crippen molar-refractivity contribution in [1.29, 1.82) is 0 Å². The van der Waals surface area contributed by atoms with Crippen LogP contribution in [0.5, 0.6) is 0 Å². The van der Waals surface area contributed by atoms with Crippen molar-refractivity contribution in [2.75, 3.05) is 13.1 Å². The van der Waals surface area contributed by atoms with E-state index in [1.165, 1.54) is 10.5 Å². The van der Waals surface area contributed by atoms with Gasteiger partial charge in [0.1, 0.15) is 10.4 Å². The Morgan fingerprint density at radius 1 is 1.11 bits per heavy atom. The third kappa shape index (κ3) is 2.71. The number of imidazole rings is 1. The lowest BCUT2D eigenvalue weighted by atomic mass is 10.2. The number of furan rings is 1. The Bertz CT molecular complexity index is 1220. The summed E-state index contributed by atoms with van der Waals surface area (Å²) >= 11 is 0. The zero-order valence-corrected chi connectivity index (χ0v) is 15.7. The second kappa shape index (κ2) is 6.54. The van der Waals surface area contributed by atoms with Gasteiger partial charge in [-0.15, -0.1) is 0 Å². The minimum Gasteiger partial charge on any atom is -0.461 e. The first-order valence-corrected chi connectivity index (χ1v) is 10.4. The molecule has 1 saturated heterocycles. The molecule has 28 heavy (non-hydrogen) atoms. The van der Waals surface area contributed by atoms with Crippen LogP contribution < -0.4 is 0 Å². The van der Waals surface area contributed by atoms with Gasteiger partial charge < -0.3 is 8.98 Å². The average molecular weight is 395 g/mol. The van der Waals surface area contributed by atoms with Crippen molar-refractivity contribution < 1.29 is 12.8 Å². The van der Waals surface area contributed by atoms with E-state index >= 15 is 0 Å². The van der Waals surface area contributed by atoms with Crippen LogP contribution in [0.1, 0.15) is 12.5 Å². The molecule has 9 heteroatoms. The molecule has 0 saturated carbocycles. The first-order valence-electron chi connectivity index (χ1n) is 8.91. The molecule has 1 atom stereocenters. The summed E-state index contributed by atoms with van der Waals surface area (Å²) in [5, 5.41) is 0. The Labute approximate surface area is 161 Å². The summed E-state index contributed by atoms with van der Waals surface area (Å²) in [6.45, 7) is 0.763. The molecule has 1 aliphatic heterocycles. The van der Waals surface area contributed by atoms with E-state index in [9.17, 15) is 8.42 Å². The Morgan fingerprint density at radius 3 is 2.79 bits per heavy atom. The number of fused-ring (bicyclic) bond motifs is 1. The van der Waals surface area contributed by atoms with Gasteiger partial charge in [0.25, 0.3) is 0 Å². The quantitative estimate of drug-likeness (QED) is 0.527. The molecule has 0 radical (unpaired) electrons. The van der Waals surface area contributed by atoms with Gasteiger partial charge in [0.2, 0.25) is 10.0 Å². The van der Waals surface area contributed by atoms with E-state index in [-0.39, 0.29) is 10.9 Å². The number of sulfonamides is 1. The van der Waals surface area contributed by atoms with Gasteiger partial charge in [-0.3, -0.25) is 4.98 Å². The summed E-state index contributed by atoms with van der Waals surface area (Å²) in [5.74, 6) is 1.29. The summed E-state index contributed by atoms with van der Waals surface area (Å²) in [7, 11) is -3.59. The highest BCUT2D eigenvalue weighted by atomic mass is 32.2. The number of hydrogen-bond acceptors (Lipinski definition) is 6. The first-order chi connectivity index (χ1) is 13.6. The normalized spacial score (nSPS) is 18.1. The molecule has 0 aliphatic carbocycles. The summed E-state index contributed by atoms with van der Waals surface area (Å²) in [6.07, 6.45) is 6.91. The third-order valence-corrected chi connectivity index (χ3v) is 6.80. The van der Waals surface area contributed by atoms with Gasteiger partial charge in [-0.2, -0.15) is 4.31 Å². The Morgan fingerprint density at radius 2 is 2.00 bits per heavy atom. The van der Waals surface area contributed by atoms with Crippen molar-refractivity contribution in [2.45, 2.75) is 17.4 Å². The molecule has 0 unspecified atom stereocenters. The van der Waals surface area contributed by atoms with Crippen molar-refractivity contribution in [3.8, 4) is 11.6 Å². The van der Waals surface area contributed by atoms with Gasteiger partial charge in [0.15, 0.2) is 17.2 Å². The fourth-order valence-corrected chi connectivity index (χ4v) is 5.10. The molecule has 4 aromatic heterocycles.